The highest BCUT2D eigenvalue weighted by Gasteiger charge is 2.31. The fraction of sp³-hybridized carbons (Fsp3) is 0.200. The number of rotatable bonds is 5. The number of aromatic amines is 1. The van der Waals surface area contributed by atoms with Gasteiger partial charge in [0.1, 0.15) is 10.7 Å². The van der Waals surface area contributed by atoms with Gasteiger partial charge in [-0.15, -0.1) is 27.8 Å². The van der Waals surface area contributed by atoms with Crippen LogP contribution in [-0.4, -0.2) is 30.5 Å². The van der Waals surface area contributed by atoms with Gasteiger partial charge in [0.05, 0.1) is 22.0 Å². The van der Waals surface area contributed by atoms with Gasteiger partial charge < -0.3 is 4.98 Å². The van der Waals surface area contributed by atoms with Crippen LogP contribution in [0.4, 0.5) is 0 Å². The zero-order chi connectivity index (χ0) is 23.9. The number of para-hydroxylation sites is 1. The van der Waals surface area contributed by atoms with Gasteiger partial charge in [0, 0.05) is 4.88 Å². The molecule has 5 aromatic rings. The first-order valence-corrected chi connectivity index (χ1v) is 12.9. The average molecular weight is 499 g/mol. The Bertz CT molecular complexity index is 1660. The summed E-state index contributed by atoms with van der Waals surface area (Å²) in [5, 5.41) is 16.9. The molecule has 0 amide bonds. The van der Waals surface area contributed by atoms with Gasteiger partial charge in [-0.25, -0.2) is 14.6 Å². The summed E-state index contributed by atoms with van der Waals surface area (Å²) in [5.41, 5.74) is 1.49. The first kappa shape index (κ1) is 21.6. The summed E-state index contributed by atoms with van der Waals surface area (Å²) >= 11 is 2.96. The summed E-state index contributed by atoms with van der Waals surface area (Å²) in [4.78, 5) is 40.8. The summed E-state index contributed by atoms with van der Waals surface area (Å²) in [6.07, 6.45) is 3.92. The number of hydrogen-bond acceptors (Lipinski definition) is 8. The number of fused-ring (bicyclic) bond motifs is 3. The van der Waals surface area contributed by atoms with Crippen molar-refractivity contribution in [1.29, 1.82) is 5.26 Å². The summed E-state index contributed by atoms with van der Waals surface area (Å²) in [5.74, 6) is -1.49. The van der Waals surface area contributed by atoms with Crippen LogP contribution >= 0.6 is 22.7 Å². The van der Waals surface area contributed by atoms with Crippen LogP contribution in [0, 0.1) is 11.3 Å². The second kappa shape index (κ2) is 8.69. The van der Waals surface area contributed by atoms with Crippen LogP contribution < -0.4 is 5.56 Å². The SMILES string of the molecule is N#CC(C(=O)c1nc(-c2cccs2)n(-c2ccccc2)n1)c1nc2sc3c(c2c(=O)[nH]1)CCCC3. The summed E-state index contributed by atoms with van der Waals surface area (Å²) < 4.78 is 1.60. The molecular formula is C25H18N6O2S2. The van der Waals surface area contributed by atoms with Crippen LogP contribution in [0.15, 0.2) is 52.6 Å². The van der Waals surface area contributed by atoms with Gasteiger partial charge in [-0.2, -0.15) is 5.26 Å². The Morgan fingerprint density at radius 1 is 1.11 bits per heavy atom. The summed E-state index contributed by atoms with van der Waals surface area (Å²) in [7, 11) is 0. The Kier molecular flexibility index (Phi) is 5.36. The van der Waals surface area contributed by atoms with Crippen molar-refractivity contribution in [3.63, 3.8) is 0 Å². The third kappa shape index (κ3) is 3.69. The first-order valence-electron chi connectivity index (χ1n) is 11.2. The van der Waals surface area contributed by atoms with Crippen LogP contribution in [0.3, 0.4) is 0 Å². The molecule has 1 N–H and O–H groups in total. The van der Waals surface area contributed by atoms with Crippen molar-refractivity contribution in [2.45, 2.75) is 31.6 Å². The van der Waals surface area contributed by atoms with Crippen molar-refractivity contribution in [3.05, 3.63) is 80.3 Å². The molecule has 10 heteroatoms. The van der Waals surface area contributed by atoms with E-state index in [0.29, 0.717) is 16.0 Å². The van der Waals surface area contributed by atoms with Crippen LogP contribution in [0.2, 0.25) is 0 Å². The second-order valence-corrected chi connectivity index (χ2v) is 10.3. The molecule has 35 heavy (non-hydrogen) atoms. The quantitative estimate of drug-likeness (QED) is 0.352. The van der Waals surface area contributed by atoms with Gasteiger partial charge in [-0.3, -0.25) is 9.59 Å². The highest BCUT2D eigenvalue weighted by atomic mass is 32.1. The molecule has 0 fully saturated rings. The number of aryl methyl sites for hydroxylation is 2. The van der Waals surface area contributed by atoms with Gasteiger partial charge >= 0.3 is 0 Å². The number of benzene rings is 1. The minimum atomic E-state index is -1.32. The highest BCUT2D eigenvalue weighted by Crippen LogP contribution is 2.34. The van der Waals surface area contributed by atoms with E-state index in [-0.39, 0.29) is 17.2 Å². The van der Waals surface area contributed by atoms with E-state index in [1.807, 2.05) is 53.9 Å². The lowest BCUT2D eigenvalue weighted by Gasteiger charge is -2.09. The van der Waals surface area contributed by atoms with E-state index >= 15 is 0 Å². The Labute approximate surface area is 207 Å². The molecule has 172 valence electrons. The lowest BCUT2D eigenvalue weighted by Crippen LogP contribution is -2.20. The molecule has 0 aliphatic heterocycles. The average Bonchev–Trinajstić information content (AvgIpc) is 3.63. The van der Waals surface area contributed by atoms with E-state index in [1.54, 1.807) is 4.68 Å². The summed E-state index contributed by atoms with van der Waals surface area (Å²) in [6.45, 7) is 0. The van der Waals surface area contributed by atoms with Gasteiger partial charge in [-0.05, 0) is 54.8 Å². The minimum absolute atomic E-state index is 0.0299. The number of thiophene rings is 2. The molecule has 1 aliphatic rings. The number of nitriles is 1. The molecular weight excluding hydrogens is 480 g/mol. The van der Waals surface area contributed by atoms with Gasteiger partial charge in [0.2, 0.25) is 11.6 Å². The van der Waals surface area contributed by atoms with E-state index in [9.17, 15) is 14.9 Å². The van der Waals surface area contributed by atoms with Crippen molar-refractivity contribution < 1.29 is 4.79 Å². The van der Waals surface area contributed by atoms with Gasteiger partial charge in [0.25, 0.3) is 5.56 Å². The molecule has 8 nitrogen and oxygen atoms in total. The molecule has 0 saturated heterocycles. The standard InChI is InChI=1S/C25H18N6O2S2/c26-13-16(21-28-24(33)19-15-9-4-5-10-17(15)35-25(19)29-21)20(32)22-27-23(18-11-6-12-34-18)31(30-22)14-7-2-1-3-8-14/h1-3,6-8,11-12,16H,4-5,9-10H2,(H,28,29,33). The van der Waals surface area contributed by atoms with Crippen molar-refractivity contribution in [2.75, 3.05) is 0 Å². The number of carbonyl (C=O) groups is 1. The van der Waals surface area contributed by atoms with E-state index in [0.717, 1.165) is 41.8 Å². The topological polar surface area (TPSA) is 117 Å². The molecule has 1 atom stereocenters. The molecule has 0 bridgehead atoms. The zero-order valence-corrected chi connectivity index (χ0v) is 20.0. The molecule has 4 aromatic heterocycles. The molecule has 1 aromatic carbocycles. The van der Waals surface area contributed by atoms with Crippen LogP contribution in [0.25, 0.3) is 26.6 Å². The normalized spacial score (nSPS) is 13.9. The van der Waals surface area contributed by atoms with Crippen molar-refractivity contribution >= 4 is 38.7 Å². The fourth-order valence-electron chi connectivity index (χ4n) is 4.42. The number of Topliss-reactive ketones (excluding diaryl/α,β-unsaturated/α-hetero) is 1. The number of aromatic nitrogens is 5. The van der Waals surface area contributed by atoms with Crippen LogP contribution in [0.5, 0.6) is 0 Å². The maximum absolute atomic E-state index is 13.5. The maximum atomic E-state index is 13.5. The number of H-pyrrole nitrogens is 1. The monoisotopic (exact) mass is 498 g/mol. The maximum Gasteiger partial charge on any atom is 0.259 e. The van der Waals surface area contributed by atoms with E-state index in [1.165, 1.54) is 27.6 Å². The molecule has 6 rings (SSSR count). The first-order chi connectivity index (χ1) is 17.1. The predicted octanol–water partition coefficient (Wildman–Crippen LogP) is 4.66. The Morgan fingerprint density at radius 3 is 2.71 bits per heavy atom. The summed E-state index contributed by atoms with van der Waals surface area (Å²) in [6, 6.07) is 15.2. The highest BCUT2D eigenvalue weighted by molar-refractivity contribution is 7.18. The van der Waals surface area contributed by atoms with Crippen molar-refractivity contribution in [1.82, 2.24) is 24.7 Å². The predicted molar refractivity (Wildman–Crippen MR) is 134 cm³/mol. The second-order valence-electron chi connectivity index (χ2n) is 8.25. The number of hydrogen-bond donors (Lipinski definition) is 1. The van der Waals surface area contributed by atoms with Gasteiger partial charge in [0.15, 0.2) is 11.7 Å². The smallest absolute Gasteiger partial charge is 0.259 e. The number of nitrogens with one attached hydrogen (secondary N) is 1. The lowest BCUT2D eigenvalue weighted by atomic mass is 9.97. The molecule has 0 radical (unpaired) electrons. The lowest BCUT2D eigenvalue weighted by molar-refractivity contribution is 0.0966. The third-order valence-electron chi connectivity index (χ3n) is 6.08. The Hall–Kier alpha value is -3.94. The van der Waals surface area contributed by atoms with Crippen molar-refractivity contribution in [3.8, 4) is 22.5 Å². The molecule has 0 saturated carbocycles. The Morgan fingerprint density at radius 2 is 1.94 bits per heavy atom. The molecule has 4 heterocycles. The zero-order valence-electron chi connectivity index (χ0n) is 18.4. The van der Waals surface area contributed by atoms with Crippen LogP contribution in [-0.2, 0) is 12.8 Å². The van der Waals surface area contributed by atoms with E-state index < -0.39 is 11.7 Å². The number of ketones is 1. The minimum Gasteiger partial charge on any atom is -0.308 e. The molecule has 1 aliphatic carbocycles. The largest absolute Gasteiger partial charge is 0.308 e. The third-order valence-corrected chi connectivity index (χ3v) is 8.13. The Balaban J connectivity index is 1.43. The number of carbonyl (C=O) groups excluding carboxylic acids is 1. The molecule has 1 unspecified atom stereocenters. The van der Waals surface area contributed by atoms with E-state index in [2.05, 4.69) is 20.1 Å². The molecule has 0 spiro atoms. The van der Waals surface area contributed by atoms with Crippen LogP contribution in [0.1, 0.15) is 45.6 Å². The number of nitrogens with zero attached hydrogens (tertiary/aromatic N) is 5. The van der Waals surface area contributed by atoms with Crippen molar-refractivity contribution in [2.24, 2.45) is 0 Å². The fourth-order valence-corrected chi connectivity index (χ4v) is 6.39. The van der Waals surface area contributed by atoms with Gasteiger partial charge in [-0.1, -0.05) is 24.3 Å². The van der Waals surface area contributed by atoms with E-state index in [4.69, 9.17) is 0 Å².